The Labute approximate surface area is 116 Å². The molecule has 0 spiro atoms. The number of fused-ring (bicyclic) bond motifs is 1. The molecule has 0 radical (unpaired) electrons. The molecule has 100 valence electrons. The van der Waals surface area contributed by atoms with E-state index in [-0.39, 0.29) is 17.6 Å². The van der Waals surface area contributed by atoms with E-state index in [0.717, 1.165) is 24.0 Å². The molecule has 0 atom stereocenters. The van der Waals surface area contributed by atoms with Crippen molar-refractivity contribution < 1.29 is 14.7 Å². The first kappa shape index (κ1) is 12.4. The molecule has 0 aliphatic carbocycles. The fraction of sp³-hybridized carbons (Fsp3) is 0.125. The van der Waals surface area contributed by atoms with Gasteiger partial charge in [0.1, 0.15) is 5.75 Å². The molecule has 2 amide bonds. The van der Waals surface area contributed by atoms with E-state index in [1.54, 1.807) is 24.3 Å². The molecule has 3 rings (SSSR count). The monoisotopic (exact) mass is 267 g/mol. The lowest BCUT2D eigenvalue weighted by molar-refractivity contribution is 0.0879. The number of aryl methyl sites for hydroxylation is 2. The first-order valence-electron chi connectivity index (χ1n) is 6.40. The third-order valence-electron chi connectivity index (χ3n) is 3.44. The zero-order valence-electron chi connectivity index (χ0n) is 10.7. The number of hydrogen-bond donors (Lipinski definition) is 2. The molecule has 1 heterocycles. The van der Waals surface area contributed by atoms with Gasteiger partial charge in [-0.3, -0.25) is 14.9 Å². The molecule has 1 aliphatic heterocycles. The Kier molecular flexibility index (Phi) is 2.99. The molecule has 4 heteroatoms. The second kappa shape index (κ2) is 4.81. The molecular formula is C16H13NO3. The van der Waals surface area contributed by atoms with Gasteiger partial charge in [0.15, 0.2) is 0 Å². The Hall–Kier alpha value is -2.62. The van der Waals surface area contributed by atoms with Crippen LogP contribution in [0.25, 0.3) is 0 Å². The molecular weight excluding hydrogens is 254 g/mol. The number of imide groups is 1. The van der Waals surface area contributed by atoms with Gasteiger partial charge in [0.2, 0.25) is 0 Å². The topological polar surface area (TPSA) is 66.4 Å². The minimum Gasteiger partial charge on any atom is -0.508 e. The van der Waals surface area contributed by atoms with Crippen molar-refractivity contribution in [2.75, 3.05) is 0 Å². The van der Waals surface area contributed by atoms with Gasteiger partial charge in [0, 0.05) is 0 Å². The van der Waals surface area contributed by atoms with Crippen molar-refractivity contribution >= 4 is 11.8 Å². The van der Waals surface area contributed by atoms with Crippen molar-refractivity contribution in [1.82, 2.24) is 5.32 Å². The maximum absolute atomic E-state index is 11.6. The Bertz CT molecular complexity index is 689. The van der Waals surface area contributed by atoms with Gasteiger partial charge >= 0.3 is 0 Å². The van der Waals surface area contributed by atoms with Crippen LogP contribution in [0.3, 0.4) is 0 Å². The highest BCUT2D eigenvalue weighted by Gasteiger charge is 2.26. The summed E-state index contributed by atoms with van der Waals surface area (Å²) in [4.78, 5) is 23.0. The van der Waals surface area contributed by atoms with Crippen LogP contribution in [0, 0.1) is 0 Å². The molecule has 20 heavy (non-hydrogen) atoms. The quantitative estimate of drug-likeness (QED) is 0.836. The number of carbonyl (C=O) groups is 2. The normalized spacial score (nSPS) is 13.2. The number of benzene rings is 2. The lowest BCUT2D eigenvalue weighted by atomic mass is 10.0. The zero-order valence-corrected chi connectivity index (χ0v) is 10.7. The molecule has 2 N–H and O–H groups in total. The van der Waals surface area contributed by atoms with Crippen LogP contribution in [0.1, 0.15) is 31.8 Å². The summed E-state index contributed by atoms with van der Waals surface area (Å²) in [5, 5.41) is 11.5. The van der Waals surface area contributed by atoms with E-state index in [0.29, 0.717) is 11.1 Å². The van der Waals surface area contributed by atoms with Gasteiger partial charge in [-0.25, -0.2) is 0 Å². The summed E-state index contributed by atoms with van der Waals surface area (Å²) in [5.41, 5.74) is 3.03. The highest BCUT2D eigenvalue weighted by Crippen LogP contribution is 2.19. The molecule has 0 unspecified atom stereocenters. The van der Waals surface area contributed by atoms with E-state index in [9.17, 15) is 14.7 Å². The number of phenolic OH excluding ortho intramolecular Hbond substituents is 1. The average molecular weight is 267 g/mol. The smallest absolute Gasteiger partial charge is 0.258 e. The Morgan fingerprint density at radius 1 is 0.800 bits per heavy atom. The highest BCUT2D eigenvalue weighted by molar-refractivity contribution is 6.21. The second-order valence-electron chi connectivity index (χ2n) is 4.83. The van der Waals surface area contributed by atoms with Crippen molar-refractivity contribution in [1.29, 1.82) is 0 Å². The summed E-state index contributed by atoms with van der Waals surface area (Å²) in [6.45, 7) is 0. The molecule has 4 nitrogen and oxygen atoms in total. The Morgan fingerprint density at radius 2 is 1.40 bits per heavy atom. The van der Waals surface area contributed by atoms with Gasteiger partial charge < -0.3 is 5.11 Å². The van der Waals surface area contributed by atoms with Gasteiger partial charge in [-0.1, -0.05) is 18.2 Å². The SMILES string of the molecule is O=C1NC(=O)c2cc(CCc3ccc(O)cc3)ccc21. The Balaban J connectivity index is 1.76. The lowest BCUT2D eigenvalue weighted by Crippen LogP contribution is -2.19. The maximum atomic E-state index is 11.6. The van der Waals surface area contributed by atoms with Crippen LogP contribution < -0.4 is 5.32 Å². The average Bonchev–Trinajstić information content (AvgIpc) is 2.73. The summed E-state index contributed by atoms with van der Waals surface area (Å²) >= 11 is 0. The van der Waals surface area contributed by atoms with E-state index < -0.39 is 0 Å². The molecule has 0 fully saturated rings. The summed E-state index contributed by atoms with van der Waals surface area (Å²) in [7, 11) is 0. The molecule has 0 saturated carbocycles. The number of phenols is 1. The van der Waals surface area contributed by atoms with Crippen LogP contribution in [0.15, 0.2) is 42.5 Å². The predicted octanol–water partition coefficient (Wildman–Crippen LogP) is 2.06. The van der Waals surface area contributed by atoms with Gasteiger partial charge in [0.05, 0.1) is 11.1 Å². The summed E-state index contributed by atoms with van der Waals surface area (Å²) < 4.78 is 0. The molecule has 0 saturated heterocycles. The minimum absolute atomic E-state index is 0.251. The van der Waals surface area contributed by atoms with E-state index >= 15 is 0 Å². The van der Waals surface area contributed by atoms with Crippen molar-refractivity contribution in [3.63, 3.8) is 0 Å². The van der Waals surface area contributed by atoms with Gasteiger partial charge in [0.25, 0.3) is 11.8 Å². The number of carbonyl (C=O) groups excluding carboxylic acids is 2. The van der Waals surface area contributed by atoms with Crippen LogP contribution in [0.5, 0.6) is 5.75 Å². The van der Waals surface area contributed by atoms with Gasteiger partial charge in [-0.15, -0.1) is 0 Å². The summed E-state index contributed by atoms with van der Waals surface area (Å²) in [5.74, 6) is -0.395. The van der Waals surface area contributed by atoms with Crippen molar-refractivity contribution in [2.24, 2.45) is 0 Å². The second-order valence-corrected chi connectivity index (χ2v) is 4.83. The molecule has 0 aromatic heterocycles. The maximum Gasteiger partial charge on any atom is 0.258 e. The van der Waals surface area contributed by atoms with Gasteiger partial charge in [-0.2, -0.15) is 0 Å². The highest BCUT2D eigenvalue weighted by atomic mass is 16.3. The molecule has 2 aromatic rings. The van der Waals surface area contributed by atoms with E-state index in [1.807, 2.05) is 18.2 Å². The van der Waals surface area contributed by atoms with E-state index in [4.69, 9.17) is 0 Å². The van der Waals surface area contributed by atoms with Crippen LogP contribution in [0.2, 0.25) is 0 Å². The fourth-order valence-electron chi connectivity index (χ4n) is 2.32. The Morgan fingerprint density at radius 3 is 2.15 bits per heavy atom. The van der Waals surface area contributed by atoms with Crippen molar-refractivity contribution in [3.05, 3.63) is 64.7 Å². The standard InChI is InChI=1S/C16H13NO3/c18-12-6-3-10(4-7-12)1-2-11-5-8-13-14(9-11)16(20)17-15(13)19/h3-9,18H,1-2H2,(H,17,19,20). The zero-order chi connectivity index (χ0) is 14.1. The van der Waals surface area contributed by atoms with Crippen LogP contribution in [0.4, 0.5) is 0 Å². The van der Waals surface area contributed by atoms with Crippen LogP contribution in [-0.2, 0) is 12.8 Å². The number of nitrogens with one attached hydrogen (secondary N) is 1. The predicted molar refractivity (Wildman–Crippen MR) is 73.8 cm³/mol. The molecule has 0 bridgehead atoms. The van der Waals surface area contributed by atoms with E-state index in [1.165, 1.54) is 0 Å². The first-order valence-corrected chi connectivity index (χ1v) is 6.40. The van der Waals surface area contributed by atoms with Crippen LogP contribution in [-0.4, -0.2) is 16.9 Å². The molecule has 2 aromatic carbocycles. The fourth-order valence-corrected chi connectivity index (χ4v) is 2.32. The summed E-state index contributed by atoms with van der Waals surface area (Å²) in [6.07, 6.45) is 1.59. The third-order valence-corrected chi connectivity index (χ3v) is 3.44. The van der Waals surface area contributed by atoms with Crippen LogP contribution >= 0.6 is 0 Å². The lowest BCUT2D eigenvalue weighted by Gasteiger charge is -2.04. The minimum atomic E-state index is -0.324. The third kappa shape index (κ3) is 2.28. The van der Waals surface area contributed by atoms with E-state index in [2.05, 4.69) is 5.32 Å². The van der Waals surface area contributed by atoms with Crippen molar-refractivity contribution in [2.45, 2.75) is 12.8 Å². The van der Waals surface area contributed by atoms with Gasteiger partial charge in [-0.05, 0) is 48.2 Å². The largest absolute Gasteiger partial charge is 0.508 e. The number of hydrogen-bond acceptors (Lipinski definition) is 3. The van der Waals surface area contributed by atoms with Crippen molar-refractivity contribution in [3.8, 4) is 5.75 Å². The first-order chi connectivity index (χ1) is 9.63. The summed E-state index contributed by atoms with van der Waals surface area (Å²) in [6, 6.07) is 12.4. The number of amides is 2. The number of rotatable bonds is 3. The molecule has 1 aliphatic rings. The number of aromatic hydroxyl groups is 1.